The molecule has 0 bridgehead atoms. The number of hydrogen-bond acceptors (Lipinski definition) is 2. The van der Waals surface area contributed by atoms with Crippen molar-refractivity contribution in [3.63, 3.8) is 0 Å². The smallest absolute Gasteiger partial charge is 0.254 e. The van der Waals surface area contributed by atoms with Crippen LogP contribution in [-0.4, -0.2) is 35.1 Å². The molecule has 3 nitrogen and oxygen atoms in total. The number of likely N-dealkylation sites (tertiary alicyclic amines) is 1. The van der Waals surface area contributed by atoms with Gasteiger partial charge in [-0.15, -0.1) is 0 Å². The highest BCUT2D eigenvalue weighted by atomic mass is 16.3. The monoisotopic (exact) mass is 205 g/mol. The molecule has 2 rings (SSSR count). The van der Waals surface area contributed by atoms with Gasteiger partial charge in [-0.05, 0) is 24.1 Å². The van der Waals surface area contributed by atoms with Crippen molar-refractivity contribution in [2.75, 3.05) is 13.1 Å². The molecule has 1 aromatic carbocycles. The Hall–Kier alpha value is -1.35. The van der Waals surface area contributed by atoms with Crippen molar-refractivity contribution in [1.82, 2.24) is 4.90 Å². The van der Waals surface area contributed by atoms with E-state index >= 15 is 0 Å². The molecule has 1 saturated heterocycles. The standard InChI is InChI=1S/C12H15NO2/c1-2-9-3-5-10(6-4-9)12(15)13-7-11(14)8-13/h3-6,11,14H,2,7-8H2,1H3. The first-order valence-electron chi connectivity index (χ1n) is 5.27. The first-order valence-corrected chi connectivity index (χ1v) is 5.27. The van der Waals surface area contributed by atoms with Crippen LogP contribution < -0.4 is 0 Å². The zero-order valence-corrected chi connectivity index (χ0v) is 8.81. The van der Waals surface area contributed by atoms with E-state index in [1.165, 1.54) is 5.56 Å². The molecule has 15 heavy (non-hydrogen) atoms. The number of aliphatic hydroxyl groups is 1. The molecule has 1 N–H and O–H groups in total. The zero-order valence-electron chi connectivity index (χ0n) is 8.81. The number of nitrogens with zero attached hydrogens (tertiary/aromatic N) is 1. The number of aryl methyl sites for hydroxylation is 1. The zero-order chi connectivity index (χ0) is 10.8. The lowest BCUT2D eigenvalue weighted by atomic mass is 10.1. The molecule has 1 aliphatic heterocycles. The Balaban J connectivity index is 2.06. The average molecular weight is 205 g/mol. The van der Waals surface area contributed by atoms with E-state index in [9.17, 15) is 4.79 Å². The second-order valence-corrected chi connectivity index (χ2v) is 3.91. The summed E-state index contributed by atoms with van der Waals surface area (Å²) < 4.78 is 0. The molecule has 0 radical (unpaired) electrons. The Kier molecular flexibility index (Phi) is 2.73. The maximum Gasteiger partial charge on any atom is 0.254 e. The quantitative estimate of drug-likeness (QED) is 0.784. The van der Waals surface area contributed by atoms with Crippen molar-refractivity contribution in [1.29, 1.82) is 0 Å². The van der Waals surface area contributed by atoms with Crippen LogP contribution in [0.4, 0.5) is 0 Å². The second-order valence-electron chi connectivity index (χ2n) is 3.91. The summed E-state index contributed by atoms with van der Waals surface area (Å²) in [4.78, 5) is 13.4. The Morgan fingerprint density at radius 1 is 1.40 bits per heavy atom. The minimum atomic E-state index is -0.330. The summed E-state index contributed by atoms with van der Waals surface area (Å²) in [6.45, 7) is 3.02. The van der Waals surface area contributed by atoms with Crippen LogP contribution in [0, 0.1) is 0 Å². The molecule has 80 valence electrons. The van der Waals surface area contributed by atoms with E-state index in [0.717, 1.165) is 6.42 Å². The normalized spacial score (nSPS) is 16.3. The fourth-order valence-corrected chi connectivity index (χ4v) is 1.69. The van der Waals surface area contributed by atoms with Crippen LogP contribution in [0.5, 0.6) is 0 Å². The van der Waals surface area contributed by atoms with Crippen LogP contribution in [0.1, 0.15) is 22.8 Å². The van der Waals surface area contributed by atoms with E-state index in [1.54, 1.807) is 4.90 Å². The molecule has 1 fully saturated rings. The maximum atomic E-state index is 11.8. The predicted molar refractivity (Wildman–Crippen MR) is 57.7 cm³/mol. The lowest BCUT2D eigenvalue weighted by Crippen LogP contribution is -2.53. The highest BCUT2D eigenvalue weighted by Gasteiger charge is 2.29. The van der Waals surface area contributed by atoms with Crippen molar-refractivity contribution in [2.24, 2.45) is 0 Å². The van der Waals surface area contributed by atoms with Gasteiger partial charge in [-0.3, -0.25) is 4.79 Å². The van der Waals surface area contributed by atoms with Crippen LogP contribution in [-0.2, 0) is 6.42 Å². The molecular weight excluding hydrogens is 190 g/mol. The molecular formula is C12H15NO2. The number of carbonyl (C=O) groups is 1. The average Bonchev–Trinajstić information content (AvgIpc) is 2.24. The number of aliphatic hydroxyl groups excluding tert-OH is 1. The molecule has 0 aliphatic carbocycles. The fourth-order valence-electron chi connectivity index (χ4n) is 1.69. The van der Waals surface area contributed by atoms with Crippen LogP contribution in [0.15, 0.2) is 24.3 Å². The summed E-state index contributed by atoms with van der Waals surface area (Å²) >= 11 is 0. The Morgan fingerprint density at radius 3 is 2.47 bits per heavy atom. The summed E-state index contributed by atoms with van der Waals surface area (Å²) in [5.74, 6) is 0.0166. The van der Waals surface area contributed by atoms with Gasteiger partial charge < -0.3 is 10.0 Å². The van der Waals surface area contributed by atoms with Gasteiger partial charge in [-0.2, -0.15) is 0 Å². The van der Waals surface area contributed by atoms with Crippen LogP contribution >= 0.6 is 0 Å². The number of rotatable bonds is 2. The van der Waals surface area contributed by atoms with Gasteiger partial charge in [0.25, 0.3) is 5.91 Å². The van der Waals surface area contributed by atoms with Gasteiger partial charge in [0.05, 0.1) is 6.10 Å². The molecule has 0 atom stereocenters. The Morgan fingerprint density at radius 2 is 2.00 bits per heavy atom. The first-order chi connectivity index (χ1) is 7.20. The third kappa shape index (κ3) is 2.02. The maximum absolute atomic E-state index is 11.8. The molecule has 0 aromatic heterocycles. The SMILES string of the molecule is CCc1ccc(C(=O)N2CC(O)C2)cc1. The van der Waals surface area contributed by atoms with Crippen molar-refractivity contribution in [2.45, 2.75) is 19.4 Å². The van der Waals surface area contributed by atoms with Gasteiger partial charge in [-0.1, -0.05) is 19.1 Å². The van der Waals surface area contributed by atoms with E-state index in [1.807, 2.05) is 24.3 Å². The third-order valence-corrected chi connectivity index (χ3v) is 2.76. The largest absolute Gasteiger partial charge is 0.389 e. The van der Waals surface area contributed by atoms with E-state index in [2.05, 4.69) is 6.92 Å². The topological polar surface area (TPSA) is 40.5 Å². The number of hydrogen-bond donors (Lipinski definition) is 1. The van der Waals surface area contributed by atoms with Gasteiger partial charge in [0.15, 0.2) is 0 Å². The van der Waals surface area contributed by atoms with Crippen LogP contribution in [0.2, 0.25) is 0 Å². The summed E-state index contributed by atoms with van der Waals surface area (Å²) in [5, 5.41) is 9.10. The van der Waals surface area contributed by atoms with E-state index in [4.69, 9.17) is 5.11 Å². The molecule has 1 aromatic rings. The van der Waals surface area contributed by atoms with E-state index in [-0.39, 0.29) is 12.0 Å². The fraction of sp³-hybridized carbons (Fsp3) is 0.417. The Bertz CT molecular complexity index is 352. The molecule has 1 aliphatic rings. The third-order valence-electron chi connectivity index (χ3n) is 2.76. The van der Waals surface area contributed by atoms with Gasteiger partial charge >= 0.3 is 0 Å². The van der Waals surface area contributed by atoms with E-state index < -0.39 is 0 Å². The van der Waals surface area contributed by atoms with E-state index in [0.29, 0.717) is 18.7 Å². The molecule has 1 heterocycles. The summed E-state index contributed by atoms with van der Waals surface area (Å²) in [5.41, 5.74) is 1.94. The first kappa shape index (κ1) is 10.2. The number of carbonyl (C=O) groups excluding carboxylic acids is 1. The van der Waals surface area contributed by atoms with Gasteiger partial charge in [0.2, 0.25) is 0 Å². The van der Waals surface area contributed by atoms with Crippen molar-refractivity contribution in [3.05, 3.63) is 35.4 Å². The summed E-state index contributed by atoms with van der Waals surface area (Å²) in [6.07, 6.45) is 0.653. The van der Waals surface area contributed by atoms with Crippen molar-refractivity contribution < 1.29 is 9.90 Å². The van der Waals surface area contributed by atoms with Gasteiger partial charge in [0.1, 0.15) is 0 Å². The highest BCUT2D eigenvalue weighted by molar-refractivity contribution is 5.94. The second kappa shape index (κ2) is 4.03. The number of amides is 1. The lowest BCUT2D eigenvalue weighted by molar-refractivity contribution is 0.00589. The van der Waals surface area contributed by atoms with Gasteiger partial charge in [0, 0.05) is 18.7 Å². The van der Waals surface area contributed by atoms with Gasteiger partial charge in [-0.25, -0.2) is 0 Å². The predicted octanol–water partition coefficient (Wildman–Crippen LogP) is 1.07. The number of benzene rings is 1. The van der Waals surface area contributed by atoms with Crippen LogP contribution in [0.3, 0.4) is 0 Å². The lowest BCUT2D eigenvalue weighted by Gasteiger charge is -2.35. The van der Waals surface area contributed by atoms with Crippen molar-refractivity contribution in [3.8, 4) is 0 Å². The molecule has 3 heteroatoms. The number of β-amino-alcohol motifs (C(OH)–C–C–N with tert-alkyl or cyclic N) is 1. The molecule has 0 spiro atoms. The Labute approximate surface area is 89.3 Å². The molecule has 0 unspecified atom stereocenters. The molecule has 0 saturated carbocycles. The highest BCUT2D eigenvalue weighted by Crippen LogP contribution is 2.14. The van der Waals surface area contributed by atoms with Crippen molar-refractivity contribution >= 4 is 5.91 Å². The summed E-state index contributed by atoms with van der Waals surface area (Å²) in [7, 11) is 0. The minimum Gasteiger partial charge on any atom is -0.389 e. The minimum absolute atomic E-state index is 0.0166. The summed E-state index contributed by atoms with van der Waals surface area (Å²) in [6, 6.07) is 7.66. The van der Waals surface area contributed by atoms with Crippen LogP contribution in [0.25, 0.3) is 0 Å². The molecule has 1 amide bonds.